The van der Waals surface area contributed by atoms with Gasteiger partial charge in [-0.2, -0.15) is 0 Å². The van der Waals surface area contributed by atoms with E-state index in [0.29, 0.717) is 0 Å². The lowest BCUT2D eigenvalue weighted by molar-refractivity contribution is 1.62. The summed E-state index contributed by atoms with van der Waals surface area (Å²) in [6, 6.07) is 58.0. The third-order valence-corrected chi connectivity index (χ3v) is 8.98. The summed E-state index contributed by atoms with van der Waals surface area (Å²) >= 11 is 0. The van der Waals surface area contributed by atoms with Crippen molar-refractivity contribution < 1.29 is 0 Å². The molecule has 0 heterocycles. The number of fused-ring (bicyclic) bond motifs is 5. The van der Waals surface area contributed by atoms with Gasteiger partial charge in [0.15, 0.2) is 0 Å². The molecule has 0 aliphatic heterocycles. The van der Waals surface area contributed by atoms with Gasteiger partial charge in [-0.3, -0.25) is 0 Å². The van der Waals surface area contributed by atoms with Gasteiger partial charge in [-0.1, -0.05) is 133 Å². The SMILES string of the molecule is c1ccc2c(c1)-c1cccc3cc(-c4ccc5cc(-c6ccc(-c7cccc8ccccc78)cc6)ccc5c4)cc-2c13. The van der Waals surface area contributed by atoms with Gasteiger partial charge in [0.1, 0.15) is 0 Å². The monoisotopic (exact) mass is 530 g/mol. The number of benzene rings is 8. The van der Waals surface area contributed by atoms with Crippen molar-refractivity contribution in [2.24, 2.45) is 0 Å². The summed E-state index contributed by atoms with van der Waals surface area (Å²) in [4.78, 5) is 0. The van der Waals surface area contributed by atoms with E-state index in [0.717, 1.165) is 0 Å². The fourth-order valence-corrected chi connectivity index (χ4v) is 6.91. The lowest BCUT2D eigenvalue weighted by atomic mass is 9.93. The minimum absolute atomic E-state index is 1.23. The van der Waals surface area contributed by atoms with Crippen molar-refractivity contribution in [3.63, 3.8) is 0 Å². The first kappa shape index (κ1) is 23.3. The molecule has 0 amide bonds. The first-order valence-electron chi connectivity index (χ1n) is 14.6. The summed E-state index contributed by atoms with van der Waals surface area (Å²) in [5.74, 6) is 0. The van der Waals surface area contributed by atoms with Crippen LogP contribution >= 0.6 is 0 Å². The molecule has 0 radical (unpaired) electrons. The summed E-state index contributed by atoms with van der Waals surface area (Å²) in [6.07, 6.45) is 0. The van der Waals surface area contributed by atoms with Crippen LogP contribution in [-0.2, 0) is 0 Å². The van der Waals surface area contributed by atoms with Gasteiger partial charge in [0.05, 0.1) is 0 Å². The zero-order chi connectivity index (χ0) is 27.6. The van der Waals surface area contributed by atoms with Crippen LogP contribution in [0, 0.1) is 0 Å². The molecule has 0 saturated heterocycles. The smallest absolute Gasteiger partial charge is 0.00259 e. The lowest BCUT2D eigenvalue weighted by Crippen LogP contribution is -1.85. The highest BCUT2D eigenvalue weighted by Gasteiger charge is 2.21. The predicted octanol–water partition coefficient (Wildman–Crippen LogP) is 11.8. The molecule has 1 aliphatic carbocycles. The highest BCUT2D eigenvalue weighted by atomic mass is 14.2. The van der Waals surface area contributed by atoms with Crippen molar-refractivity contribution in [2.75, 3.05) is 0 Å². The Morgan fingerprint density at radius 1 is 0.238 bits per heavy atom. The molecule has 0 bridgehead atoms. The molecule has 0 unspecified atom stereocenters. The Balaban J connectivity index is 1.08. The second-order valence-electron chi connectivity index (χ2n) is 11.4. The highest BCUT2D eigenvalue weighted by molar-refractivity contribution is 6.16. The Bertz CT molecular complexity index is 2330. The zero-order valence-corrected chi connectivity index (χ0v) is 23.0. The summed E-state index contributed by atoms with van der Waals surface area (Å²) in [5, 5.41) is 7.76. The molecule has 8 aromatic rings. The quantitative estimate of drug-likeness (QED) is 0.213. The third kappa shape index (κ3) is 3.56. The van der Waals surface area contributed by atoms with Gasteiger partial charge in [0.2, 0.25) is 0 Å². The summed E-state index contributed by atoms with van der Waals surface area (Å²) in [6.45, 7) is 0. The van der Waals surface area contributed by atoms with E-state index >= 15 is 0 Å². The van der Waals surface area contributed by atoms with Gasteiger partial charge in [-0.15, -0.1) is 0 Å². The maximum absolute atomic E-state index is 2.38. The van der Waals surface area contributed by atoms with E-state index in [1.54, 1.807) is 0 Å². The first-order valence-corrected chi connectivity index (χ1v) is 14.6. The van der Waals surface area contributed by atoms with E-state index in [9.17, 15) is 0 Å². The largest absolute Gasteiger partial charge is 0.0616 e. The molecule has 42 heavy (non-hydrogen) atoms. The van der Waals surface area contributed by atoms with Crippen molar-refractivity contribution in [2.45, 2.75) is 0 Å². The van der Waals surface area contributed by atoms with Gasteiger partial charge in [0.25, 0.3) is 0 Å². The van der Waals surface area contributed by atoms with Crippen LogP contribution in [0.5, 0.6) is 0 Å². The molecule has 0 fully saturated rings. The number of hydrogen-bond donors (Lipinski definition) is 0. The molecule has 0 atom stereocenters. The molecule has 194 valence electrons. The molecule has 8 aromatic carbocycles. The van der Waals surface area contributed by atoms with E-state index in [1.807, 2.05) is 0 Å². The molecule has 0 nitrogen and oxygen atoms in total. The summed E-state index contributed by atoms with van der Waals surface area (Å²) in [5.41, 5.74) is 12.9. The Labute approximate surface area is 245 Å². The number of hydrogen-bond acceptors (Lipinski definition) is 0. The molecule has 0 N–H and O–H groups in total. The Hall–Kier alpha value is -5.46. The van der Waals surface area contributed by atoms with E-state index < -0.39 is 0 Å². The van der Waals surface area contributed by atoms with Crippen LogP contribution in [0.4, 0.5) is 0 Å². The van der Waals surface area contributed by atoms with Crippen molar-refractivity contribution >= 4 is 32.3 Å². The maximum Gasteiger partial charge on any atom is -0.00259 e. The van der Waals surface area contributed by atoms with Crippen molar-refractivity contribution in [3.8, 4) is 55.6 Å². The van der Waals surface area contributed by atoms with Crippen molar-refractivity contribution in [1.82, 2.24) is 0 Å². The Morgan fingerprint density at radius 3 is 1.55 bits per heavy atom. The molecule has 1 aliphatic rings. The van der Waals surface area contributed by atoms with E-state index in [4.69, 9.17) is 0 Å². The third-order valence-electron chi connectivity index (χ3n) is 8.98. The van der Waals surface area contributed by atoms with Gasteiger partial charge in [-0.25, -0.2) is 0 Å². The summed E-state index contributed by atoms with van der Waals surface area (Å²) < 4.78 is 0. The topological polar surface area (TPSA) is 0 Å². The molecule has 0 aromatic heterocycles. The van der Waals surface area contributed by atoms with Crippen LogP contribution in [-0.4, -0.2) is 0 Å². The van der Waals surface area contributed by atoms with Crippen molar-refractivity contribution in [3.05, 3.63) is 158 Å². The van der Waals surface area contributed by atoms with Crippen LogP contribution < -0.4 is 0 Å². The fraction of sp³-hybridized carbons (Fsp3) is 0. The summed E-state index contributed by atoms with van der Waals surface area (Å²) in [7, 11) is 0. The highest BCUT2D eigenvalue weighted by Crippen LogP contribution is 2.48. The van der Waals surface area contributed by atoms with E-state index in [1.165, 1.54) is 88.0 Å². The van der Waals surface area contributed by atoms with E-state index in [-0.39, 0.29) is 0 Å². The van der Waals surface area contributed by atoms with Gasteiger partial charge in [-0.05, 0) is 112 Å². The maximum atomic E-state index is 2.38. The van der Waals surface area contributed by atoms with Crippen LogP contribution in [0.2, 0.25) is 0 Å². The van der Waals surface area contributed by atoms with Crippen LogP contribution in [0.3, 0.4) is 0 Å². The first-order chi connectivity index (χ1) is 20.8. The minimum atomic E-state index is 1.23. The lowest BCUT2D eigenvalue weighted by Gasteiger charge is -2.11. The minimum Gasteiger partial charge on any atom is -0.0616 e. The van der Waals surface area contributed by atoms with Crippen LogP contribution in [0.1, 0.15) is 0 Å². The second kappa shape index (κ2) is 9.03. The van der Waals surface area contributed by atoms with Crippen LogP contribution in [0.25, 0.3) is 88.0 Å². The van der Waals surface area contributed by atoms with Gasteiger partial charge in [0, 0.05) is 0 Å². The number of rotatable bonds is 3. The van der Waals surface area contributed by atoms with Crippen molar-refractivity contribution in [1.29, 1.82) is 0 Å². The molecule has 9 rings (SSSR count). The van der Waals surface area contributed by atoms with Gasteiger partial charge >= 0.3 is 0 Å². The van der Waals surface area contributed by atoms with E-state index in [2.05, 4.69) is 158 Å². The predicted molar refractivity (Wildman–Crippen MR) is 180 cm³/mol. The molecule has 0 heteroatoms. The molecule has 0 saturated carbocycles. The Kier molecular flexibility index (Phi) is 5.00. The molecule has 0 spiro atoms. The average molecular weight is 531 g/mol. The molecular formula is C42H26. The fourth-order valence-electron chi connectivity index (χ4n) is 6.91. The van der Waals surface area contributed by atoms with Crippen LogP contribution in [0.15, 0.2) is 158 Å². The zero-order valence-electron chi connectivity index (χ0n) is 23.0. The standard InChI is InChI=1S/C42H26/c1-2-10-36-28(7-1)8-5-13-37(36)29-17-15-27(16-18-29)30-19-20-32-24-33(22-21-31(32)23-30)35-25-34-9-6-14-40-38-11-3-4-12-39(38)41(26-35)42(34)40/h1-26H. The second-order valence-corrected chi connectivity index (χ2v) is 11.4. The average Bonchev–Trinajstić information content (AvgIpc) is 3.39. The molecular weight excluding hydrogens is 504 g/mol. The Morgan fingerprint density at radius 2 is 0.762 bits per heavy atom. The normalized spacial score (nSPS) is 11.8. The van der Waals surface area contributed by atoms with Gasteiger partial charge < -0.3 is 0 Å².